The molecule has 35 heavy (non-hydrogen) atoms. The number of hydrogen-bond donors (Lipinski definition) is 3. The number of aromatic nitrogens is 2. The largest absolute Gasteiger partial charge is 0.481 e. The maximum absolute atomic E-state index is 14.3. The molecule has 1 aliphatic heterocycles. The molecule has 182 valence electrons. The van der Waals surface area contributed by atoms with Gasteiger partial charge in [-0.1, -0.05) is 36.4 Å². The van der Waals surface area contributed by atoms with Crippen LogP contribution in [-0.4, -0.2) is 47.2 Å². The predicted octanol–water partition coefficient (Wildman–Crippen LogP) is 2.19. The summed E-state index contributed by atoms with van der Waals surface area (Å²) in [6.45, 7) is 2.39. The van der Waals surface area contributed by atoms with Crippen LogP contribution in [0.4, 0.5) is 4.39 Å². The molecule has 0 spiro atoms. The number of para-hydroxylation sites is 1. The van der Waals surface area contributed by atoms with Crippen LogP contribution < -0.4 is 20.7 Å². The molecule has 2 heterocycles. The van der Waals surface area contributed by atoms with Gasteiger partial charge < -0.3 is 20.7 Å². The summed E-state index contributed by atoms with van der Waals surface area (Å²) in [6, 6.07) is 13.5. The summed E-state index contributed by atoms with van der Waals surface area (Å²) < 4.78 is 20.8. The fraction of sp³-hybridized carbons (Fsp3) is 0.280. The molecule has 3 N–H and O–H groups in total. The highest BCUT2D eigenvalue weighted by atomic mass is 19.1. The van der Waals surface area contributed by atoms with E-state index >= 15 is 0 Å². The normalized spacial score (nSPS) is 15.9. The van der Waals surface area contributed by atoms with Gasteiger partial charge in [-0.25, -0.2) is 4.39 Å². The molecule has 1 fully saturated rings. The number of nitrogens with zero attached hydrogens (tertiary/aromatic N) is 2. The van der Waals surface area contributed by atoms with Gasteiger partial charge in [0.15, 0.2) is 5.69 Å². The number of ether oxygens (including phenoxy) is 1. The smallest absolute Gasteiger partial charge is 0.272 e. The average molecular weight is 480 g/mol. The Hall–Kier alpha value is -4.21. The molecule has 0 aliphatic carbocycles. The third-order valence-electron chi connectivity index (χ3n) is 5.84. The number of halogens is 1. The van der Waals surface area contributed by atoms with E-state index in [0.29, 0.717) is 13.0 Å². The quantitative estimate of drug-likeness (QED) is 0.458. The second-order valence-corrected chi connectivity index (χ2v) is 8.22. The van der Waals surface area contributed by atoms with Crippen molar-refractivity contribution >= 4 is 17.7 Å². The Morgan fingerprint density at radius 1 is 1.23 bits per heavy atom. The van der Waals surface area contributed by atoms with E-state index < -0.39 is 23.8 Å². The van der Waals surface area contributed by atoms with Gasteiger partial charge >= 0.3 is 0 Å². The molecule has 1 aromatic heterocycles. The second kappa shape index (κ2) is 10.4. The maximum Gasteiger partial charge on any atom is 0.272 e. The Kier molecular flexibility index (Phi) is 7.09. The Labute approximate surface area is 201 Å². The van der Waals surface area contributed by atoms with Crippen molar-refractivity contribution in [1.29, 1.82) is 0 Å². The van der Waals surface area contributed by atoms with Crippen LogP contribution in [0.5, 0.6) is 5.88 Å². The van der Waals surface area contributed by atoms with Crippen molar-refractivity contribution in [3.05, 3.63) is 77.2 Å². The van der Waals surface area contributed by atoms with Crippen LogP contribution in [0, 0.1) is 12.7 Å². The van der Waals surface area contributed by atoms with Gasteiger partial charge in [-0.2, -0.15) is 9.78 Å². The summed E-state index contributed by atoms with van der Waals surface area (Å²) in [7, 11) is 1.40. The number of carbonyl (C=O) groups is 3. The third-order valence-corrected chi connectivity index (χ3v) is 5.84. The molecule has 4 rings (SSSR count). The van der Waals surface area contributed by atoms with Crippen molar-refractivity contribution in [3.8, 4) is 11.6 Å². The van der Waals surface area contributed by atoms with Crippen LogP contribution in [0.1, 0.15) is 40.5 Å². The van der Waals surface area contributed by atoms with E-state index in [9.17, 15) is 18.8 Å². The number of amides is 3. The highest BCUT2D eigenvalue weighted by molar-refractivity contribution is 5.94. The molecule has 0 saturated carbocycles. The van der Waals surface area contributed by atoms with E-state index in [1.54, 1.807) is 12.1 Å². The lowest BCUT2D eigenvalue weighted by molar-refractivity contribution is -0.127. The Morgan fingerprint density at radius 3 is 2.66 bits per heavy atom. The molecule has 1 saturated heterocycles. The summed E-state index contributed by atoms with van der Waals surface area (Å²) in [4.78, 5) is 37.8. The molecule has 2 aromatic carbocycles. The van der Waals surface area contributed by atoms with Crippen molar-refractivity contribution in [2.24, 2.45) is 0 Å². The van der Waals surface area contributed by atoms with Crippen molar-refractivity contribution in [2.75, 3.05) is 13.7 Å². The maximum atomic E-state index is 14.3. The first-order valence-electron chi connectivity index (χ1n) is 11.2. The van der Waals surface area contributed by atoms with Crippen LogP contribution in [0.15, 0.2) is 54.6 Å². The minimum absolute atomic E-state index is 0.000680. The lowest BCUT2D eigenvalue weighted by Crippen LogP contribution is -2.42. The van der Waals surface area contributed by atoms with Gasteiger partial charge in [0.1, 0.15) is 17.5 Å². The van der Waals surface area contributed by atoms with Gasteiger partial charge in [0.05, 0.1) is 19.6 Å². The van der Waals surface area contributed by atoms with E-state index in [-0.39, 0.29) is 35.5 Å². The first-order chi connectivity index (χ1) is 16.9. The topological polar surface area (TPSA) is 114 Å². The molecule has 9 nitrogen and oxygen atoms in total. The summed E-state index contributed by atoms with van der Waals surface area (Å²) >= 11 is 0. The number of aryl methyl sites for hydroxylation is 1. The van der Waals surface area contributed by atoms with Gasteiger partial charge in [0.25, 0.3) is 5.91 Å². The van der Waals surface area contributed by atoms with Crippen LogP contribution >= 0.6 is 0 Å². The molecule has 0 radical (unpaired) electrons. The van der Waals surface area contributed by atoms with Gasteiger partial charge in [-0.15, -0.1) is 0 Å². The molecule has 1 aliphatic rings. The summed E-state index contributed by atoms with van der Waals surface area (Å²) in [5.41, 5.74) is 1.78. The fourth-order valence-corrected chi connectivity index (χ4v) is 4.04. The summed E-state index contributed by atoms with van der Waals surface area (Å²) in [5.74, 6) is -1.49. The van der Waals surface area contributed by atoms with Crippen molar-refractivity contribution in [3.63, 3.8) is 0 Å². The van der Waals surface area contributed by atoms with E-state index in [2.05, 4.69) is 21.0 Å². The Balaban J connectivity index is 1.58. The number of methoxy groups -OCH3 is 1. The number of benzene rings is 2. The van der Waals surface area contributed by atoms with Crippen LogP contribution in [0.25, 0.3) is 5.69 Å². The third kappa shape index (κ3) is 5.32. The van der Waals surface area contributed by atoms with Crippen LogP contribution in [0.3, 0.4) is 0 Å². The van der Waals surface area contributed by atoms with Crippen molar-refractivity contribution in [2.45, 2.75) is 31.8 Å². The predicted molar refractivity (Wildman–Crippen MR) is 126 cm³/mol. The Morgan fingerprint density at radius 2 is 1.97 bits per heavy atom. The standard InChI is InChI=1S/C25H26FN5O4/c1-15-7-3-4-8-16(15)19(13-22(32)28-18-11-12-27-24(18)33)29-25(34)20-14-23(35-2)31(30-20)21-10-6-5-9-17(21)26/h3-10,14,18-19H,11-13H2,1-2H3,(H,27,33)(H,28,32)(H,29,34)/t18?,19-/m0/s1. The van der Waals surface area contributed by atoms with Crippen molar-refractivity contribution < 1.29 is 23.5 Å². The minimum atomic E-state index is -0.683. The molecule has 2 atom stereocenters. The SMILES string of the molecule is COc1cc(C(=O)N[C@@H](CC(=O)NC2CCNC2=O)c2ccccc2C)nn1-c1ccccc1F. The highest BCUT2D eigenvalue weighted by Crippen LogP contribution is 2.24. The van der Waals surface area contributed by atoms with E-state index in [0.717, 1.165) is 11.1 Å². The first kappa shape index (κ1) is 23.9. The summed E-state index contributed by atoms with van der Waals surface area (Å²) in [5, 5.41) is 12.5. The van der Waals surface area contributed by atoms with Gasteiger partial charge in [0, 0.05) is 12.6 Å². The summed E-state index contributed by atoms with van der Waals surface area (Å²) in [6.07, 6.45) is 0.435. The van der Waals surface area contributed by atoms with Gasteiger partial charge in [-0.3, -0.25) is 14.4 Å². The molecule has 3 aromatic rings. The molecule has 10 heteroatoms. The zero-order valence-corrected chi connectivity index (χ0v) is 19.4. The molecule has 3 amide bonds. The molecule has 1 unspecified atom stereocenters. The number of carbonyl (C=O) groups excluding carboxylic acids is 3. The Bertz CT molecular complexity index is 1260. The lowest BCUT2D eigenvalue weighted by Gasteiger charge is -2.21. The van der Waals surface area contributed by atoms with Gasteiger partial charge in [-0.05, 0) is 36.6 Å². The minimum Gasteiger partial charge on any atom is -0.481 e. The van der Waals surface area contributed by atoms with Crippen LogP contribution in [-0.2, 0) is 9.59 Å². The fourth-order valence-electron chi connectivity index (χ4n) is 4.04. The highest BCUT2D eigenvalue weighted by Gasteiger charge is 2.28. The van der Waals surface area contributed by atoms with Crippen molar-refractivity contribution in [1.82, 2.24) is 25.7 Å². The van der Waals surface area contributed by atoms with Gasteiger partial charge in [0.2, 0.25) is 17.7 Å². The van der Waals surface area contributed by atoms with Crippen LogP contribution in [0.2, 0.25) is 0 Å². The molecular weight excluding hydrogens is 453 g/mol. The number of hydrogen-bond acceptors (Lipinski definition) is 5. The van der Waals surface area contributed by atoms with E-state index in [1.807, 2.05) is 31.2 Å². The lowest BCUT2D eigenvalue weighted by atomic mass is 9.98. The zero-order chi connectivity index (χ0) is 24.9. The zero-order valence-electron chi connectivity index (χ0n) is 19.4. The molecule has 0 bridgehead atoms. The number of nitrogens with one attached hydrogen (secondary N) is 3. The average Bonchev–Trinajstić information content (AvgIpc) is 3.45. The van der Waals surface area contributed by atoms with E-state index in [1.165, 1.54) is 30.0 Å². The van der Waals surface area contributed by atoms with E-state index in [4.69, 9.17) is 4.74 Å². The number of rotatable bonds is 8. The molecular formula is C25H26FN5O4. The monoisotopic (exact) mass is 479 g/mol. The first-order valence-corrected chi connectivity index (χ1v) is 11.2. The second-order valence-electron chi connectivity index (χ2n) is 8.22.